The van der Waals surface area contributed by atoms with Crippen molar-refractivity contribution in [2.45, 2.75) is 19.3 Å². The van der Waals surface area contributed by atoms with Crippen molar-refractivity contribution >= 4 is 11.8 Å². The second kappa shape index (κ2) is 5.26. The number of hydrogen-bond donors (Lipinski definition) is 2. The molecule has 0 bridgehead atoms. The minimum atomic E-state index is 0.605. The monoisotopic (exact) mass is 254 g/mol. The van der Waals surface area contributed by atoms with Crippen molar-refractivity contribution in [1.29, 1.82) is 0 Å². The van der Waals surface area contributed by atoms with Gasteiger partial charge < -0.3 is 10.6 Å². The Labute approximate surface area is 113 Å². The fraction of sp³-hybridized carbons (Fsp3) is 0.333. The van der Waals surface area contributed by atoms with Crippen LogP contribution in [0.15, 0.2) is 36.5 Å². The number of aromatic nitrogens is 2. The van der Waals surface area contributed by atoms with Crippen molar-refractivity contribution in [2.75, 3.05) is 23.7 Å². The van der Waals surface area contributed by atoms with E-state index in [2.05, 4.69) is 44.9 Å². The highest BCUT2D eigenvalue weighted by molar-refractivity contribution is 5.44. The molecule has 98 valence electrons. The van der Waals surface area contributed by atoms with Gasteiger partial charge in [-0.2, -0.15) is 4.98 Å². The van der Waals surface area contributed by atoms with Crippen LogP contribution >= 0.6 is 0 Å². The second-order valence-electron chi connectivity index (χ2n) is 4.78. The van der Waals surface area contributed by atoms with Crippen LogP contribution in [0, 0.1) is 0 Å². The van der Waals surface area contributed by atoms with Gasteiger partial charge in [0.25, 0.3) is 0 Å². The van der Waals surface area contributed by atoms with Gasteiger partial charge in [0.15, 0.2) is 0 Å². The first-order chi connectivity index (χ1) is 9.36. The summed E-state index contributed by atoms with van der Waals surface area (Å²) in [6.07, 6.45) is 2.94. The number of rotatable bonds is 5. The Morgan fingerprint density at radius 3 is 2.95 bits per heavy atom. The standard InChI is InChI=1S/C15H18N4/c1-2-16-15-17-8-7-14(19-15)18-10-12-9-11-5-3-4-6-13(11)12/h3-8,12H,2,9-10H2,1H3,(H2,16,17,18,19). The lowest BCUT2D eigenvalue weighted by atomic mass is 9.78. The predicted molar refractivity (Wildman–Crippen MR) is 77.6 cm³/mol. The van der Waals surface area contributed by atoms with Gasteiger partial charge in [-0.3, -0.25) is 0 Å². The van der Waals surface area contributed by atoms with Crippen LogP contribution in [0.4, 0.5) is 11.8 Å². The largest absolute Gasteiger partial charge is 0.369 e. The molecule has 1 heterocycles. The molecule has 0 amide bonds. The van der Waals surface area contributed by atoms with E-state index in [1.54, 1.807) is 6.20 Å². The Kier molecular flexibility index (Phi) is 3.31. The number of fused-ring (bicyclic) bond motifs is 1. The SMILES string of the molecule is CCNc1nccc(NCC2Cc3ccccc32)n1. The molecule has 0 fully saturated rings. The summed E-state index contributed by atoms with van der Waals surface area (Å²) in [5.41, 5.74) is 2.95. The van der Waals surface area contributed by atoms with Gasteiger partial charge in [0.1, 0.15) is 5.82 Å². The fourth-order valence-electron chi connectivity index (χ4n) is 2.47. The number of nitrogens with one attached hydrogen (secondary N) is 2. The highest BCUT2D eigenvalue weighted by Crippen LogP contribution is 2.34. The Bertz CT molecular complexity index is 568. The molecule has 4 heteroatoms. The average Bonchev–Trinajstić information content (AvgIpc) is 2.41. The van der Waals surface area contributed by atoms with Crippen LogP contribution in [0.25, 0.3) is 0 Å². The third-order valence-corrected chi connectivity index (χ3v) is 3.48. The van der Waals surface area contributed by atoms with Gasteiger partial charge >= 0.3 is 0 Å². The summed E-state index contributed by atoms with van der Waals surface area (Å²) < 4.78 is 0. The first-order valence-corrected chi connectivity index (χ1v) is 6.75. The fourth-order valence-corrected chi connectivity index (χ4v) is 2.47. The van der Waals surface area contributed by atoms with Crippen molar-refractivity contribution in [1.82, 2.24) is 9.97 Å². The van der Waals surface area contributed by atoms with Crippen molar-refractivity contribution in [3.8, 4) is 0 Å². The van der Waals surface area contributed by atoms with Crippen LogP contribution < -0.4 is 10.6 Å². The number of anilines is 2. The zero-order valence-corrected chi connectivity index (χ0v) is 11.1. The maximum Gasteiger partial charge on any atom is 0.224 e. The molecule has 1 aliphatic carbocycles. The van der Waals surface area contributed by atoms with Crippen LogP contribution in [0.5, 0.6) is 0 Å². The highest BCUT2D eigenvalue weighted by Gasteiger charge is 2.24. The minimum absolute atomic E-state index is 0.605. The van der Waals surface area contributed by atoms with Crippen LogP contribution in [-0.2, 0) is 6.42 Å². The van der Waals surface area contributed by atoms with Gasteiger partial charge in [-0.05, 0) is 30.5 Å². The summed E-state index contributed by atoms with van der Waals surface area (Å²) in [5, 5.41) is 6.51. The van der Waals surface area contributed by atoms with Gasteiger partial charge in [-0.25, -0.2) is 4.98 Å². The van der Waals surface area contributed by atoms with E-state index in [0.717, 1.165) is 25.3 Å². The van der Waals surface area contributed by atoms with E-state index >= 15 is 0 Å². The van der Waals surface area contributed by atoms with E-state index in [1.165, 1.54) is 11.1 Å². The molecule has 0 saturated heterocycles. The van der Waals surface area contributed by atoms with E-state index in [-0.39, 0.29) is 0 Å². The average molecular weight is 254 g/mol. The number of nitrogens with zero attached hydrogens (tertiary/aromatic N) is 2. The normalized spacial score (nSPS) is 16.4. The maximum absolute atomic E-state index is 4.42. The quantitative estimate of drug-likeness (QED) is 0.861. The maximum atomic E-state index is 4.42. The van der Waals surface area contributed by atoms with E-state index in [9.17, 15) is 0 Å². The molecule has 2 N–H and O–H groups in total. The number of hydrogen-bond acceptors (Lipinski definition) is 4. The Morgan fingerprint density at radius 1 is 1.21 bits per heavy atom. The molecule has 3 rings (SSSR count). The molecule has 1 atom stereocenters. The van der Waals surface area contributed by atoms with Gasteiger partial charge in [0.2, 0.25) is 5.95 Å². The highest BCUT2D eigenvalue weighted by atomic mass is 15.1. The lowest BCUT2D eigenvalue weighted by molar-refractivity contribution is 0.634. The van der Waals surface area contributed by atoms with Crippen molar-refractivity contribution in [3.05, 3.63) is 47.7 Å². The van der Waals surface area contributed by atoms with Crippen LogP contribution in [-0.4, -0.2) is 23.1 Å². The van der Waals surface area contributed by atoms with Crippen LogP contribution in [0.1, 0.15) is 24.0 Å². The zero-order chi connectivity index (χ0) is 13.1. The van der Waals surface area contributed by atoms with Crippen LogP contribution in [0.2, 0.25) is 0 Å². The first-order valence-electron chi connectivity index (χ1n) is 6.75. The molecule has 1 aromatic heterocycles. The third kappa shape index (κ3) is 2.52. The summed E-state index contributed by atoms with van der Waals surface area (Å²) in [5.74, 6) is 2.17. The molecule has 4 nitrogen and oxygen atoms in total. The van der Waals surface area contributed by atoms with E-state index in [4.69, 9.17) is 0 Å². The molecule has 0 radical (unpaired) electrons. The second-order valence-corrected chi connectivity index (χ2v) is 4.78. The number of benzene rings is 1. The summed E-state index contributed by atoms with van der Waals surface area (Å²) in [6.45, 7) is 3.80. The van der Waals surface area contributed by atoms with Crippen molar-refractivity contribution < 1.29 is 0 Å². The minimum Gasteiger partial charge on any atom is -0.369 e. The van der Waals surface area contributed by atoms with E-state index in [0.29, 0.717) is 11.9 Å². The molecule has 0 spiro atoms. The molecule has 2 aromatic rings. The molecule has 1 aromatic carbocycles. The Balaban J connectivity index is 1.60. The van der Waals surface area contributed by atoms with Crippen LogP contribution in [0.3, 0.4) is 0 Å². The van der Waals surface area contributed by atoms with E-state index < -0.39 is 0 Å². The molecule has 1 unspecified atom stereocenters. The van der Waals surface area contributed by atoms with Gasteiger partial charge in [0, 0.05) is 25.2 Å². The third-order valence-electron chi connectivity index (χ3n) is 3.48. The molecular weight excluding hydrogens is 236 g/mol. The predicted octanol–water partition coefficient (Wildman–Crippen LogP) is 2.66. The summed E-state index contributed by atoms with van der Waals surface area (Å²) in [6, 6.07) is 10.6. The smallest absolute Gasteiger partial charge is 0.224 e. The molecule has 0 aliphatic heterocycles. The summed E-state index contributed by atoms with van der Waals surface area (Å²) in [4.78, 5) is 8.58. The molecule has 0 saturated carbocycles. The van der Waals surface area contributed by atoms with Crippen molar-refractivity contribution in [2.24, 2.45) is 0 Å². The summed E-state index contributed by atoms with van der Waals surface area (Å²) in [7, 11) is 0. The Hall–Kier alpha value is -2.10. The summed E-state index contributed by atoms with van der Waals surface area (Å²) >= 11 is 0. The van der Waals surface area contributed by atoms with Gasteiger partial charge in [-0.15, -0.1) is 0 Å². The van der Waals surface area contributed by atoms with Gasteiger partial charge in [0.05, 0.1) is 0 Å². The lowest BCUT2D eigenvalue weighted by Crippen LogP contribution is -2.24. The zero-order valence-electron chi connectivity index (χ0n) is 11.1. The molecule has 19 heavy (non-hydrogen) atoms. The lowest BCUT2D eigenvalue weighted by Gasteiger charge is -2.30. The van der Waals surface area contributed by atoms with Crippen molar-refractivity contribution in [3.63, 3.8) is 0 Å². The first kappa shape index (κ1) is 12.0. The molecule has 1 aliphatic rings. The Morgan fingerprint density at radius 2 is 2.11 bits per heavy atom. The van der Waals surface area contributed by atoms with Gasteiger partial charge in [-0.1, -0.05) is 24.3 Å². The molecular formula is C15H18N4. The van der Waals surface area contributed by atoms with E-state index in [1.807, 2.05) is 13.0 Å². The topological polar surface area (TPSA) is 49.8 Å².